The minimum absolute atomic E-state index is 0.296. The first kappa shape index (κ1) is 14.8. The number of ether oxygens (including phenoxy) is 1. The van der Waals surface area contributed by atoms with Crippen LogP contribution in [0.4, 0.5) is 0 Å². The van der Waals surface area contributed by atoms with Crippen molar-refractivity contribution in [1.82, 2.24) is 0 Å². The summed E-state index contributed by atoms with van der Waals surface area (Å²) in [6.45, 7) is 7.26. The maximum Gasteiger partial charge on any atom is 0.125 e. The largest absolute Gasteiger partial charge is 0.492 e. The van der Waals surface area contributed by atoms with Gasteiger partial charge in [-0.15, -0.1) is 0 Å². The number of hydrogen-bond donors (Lipinski definition) is 1. The molecule has 0 bridgehead atoms. The van der Waals surface area contributed by atoms with E-state index in [9.17, 15) is 0 Å². The highest BCUT2D eigenvalue weighted by Gasteiger charge is 2.31. The molecule has 0 unspecified atom stereocenters. The van der Waals surface area contributed by atoms with Crippen molar-refractivity contribution in [2.45, 2.75) is 52.9 Å². The van der Waals surface area contributed by atoms with Gasteiger partial charge in [-0.3, -0.25) is 0 Å². The second-order valence-electron chi connectivity index (χ2n) is 6.16. The Morgan fingerprint density at radius 2 is 1.68 bits per heavy atom. The van der Waals surface area contributed by atoms with Gasteiger partial charge in [0, 0.05) is 5.41 Å². The number of thiol groups is 1. The Bertz CT molecular complexity index is 433. The van der Waals surface area contributed by atoms with Crippen molar-refractivity contribution >= 4 is 12.6 Å². The van der Waals surface area contributed by atoms with Gasteiger partial charge in [-0.2, -0.15) is 12.6 Å². The molecule has 1 saturated carbocycles. The number of rotatable bonds is 4. The van der Waals surface area contributed by atoms with Crippen LogP contribution in [0.1, 0.15) is 48.8 Å². The predicted octanol–water partition coefficient (Wildman–Crippen LogP) is 4.87. The summed E-state index contributed by atoms with van der Waals surface area (Å²) >= 11 is 4.59. The Kier molecular flexibility index (Phi) is 4.83. The van der Waals surface area contributed by atoms with Crippen LogP contribution in [0.15, 0.2) is 12.1 Å². The zero-order valence-corrected chi connectivity index (χ0v) is 13.4. The highest BCUT2D eigenvalue weighted by atomic mass is 32.1. The summed E-state index contributed by atoms with van der Waals surface area (Å²) in [7, 11) is 0. The van der Waals surface area contributed by atoms with Crippen LogP contribution >= 0.6 is 12.6 Å². The molecule has 2 heteroatoms. The van der Waals surface area contributed by atoms with Gasteiger partial charge in [-0.25, -0.2) is 0 Å². The fourth-order valence-corrected chi connectivity index (χ4v) is 3.43. The predicted molar refractivity (Wildman–Crippen MR) is 85.5 cm³/mol. The second-order valence-corrected chi connectivity index (χ2v) is 6.48. The molecule has 0 heterocycles. The van der Waals surface area contributed by atoms with Gasteiger partial charge in [0.25, 0.3) is 0 Å². The Labute approximate surface area is 123 Å². The minimum Gasteiger partial charge on any atom is -0.492 e. The summed E-state index contributed by atoms with van der Waals surface area (Å²) in [5.74, 6) is 2.03. The zero-order chi connectivity index (χ0) is 13.9. The summed E-state index contributed by atoms with van der Waals surface area (Å²) in [4.78, 5) is 0. The molecule has 0 N–H and O–H groups in total. The number of benzene rings is 1. The third-order valence-electron chi connectivity index (χ3n) is 4.65. The molecule has 0 spiro atoms. The van der Waals surface area contributed by atoms with E-state index >= 15 is 0 Å². The maximum absolute atomic E-state index is 6.23. The first-order chi connectivity index (χ1) is 9.08. The zero-order valence-electron chi connectivity index (χ0n) is 12.5. The van der Waals surface area contributed by atoms with E-state index in [1.165, 1.54) is 48.8 Å². The minimum atomic E-state index is 0.296. The molecule has 2 rings (SSSR count). The van der Waals surface area contributed by atoms with E-state index in [1.807, 2.05) is 0 Å². The van der Waals surface area contributed by atoms with Crippen molar-refractivity contribution < 1.29 is 4.74 Å². The molecule has 1 aliphatic rings. The molecule has 0 aromatic heterocycles. The van der Waals surface area contributed by atoms with E-state index in [2.05, 4.69) is 45.5 Å². The summed E-state index contributed by atoms with van der Waals surface area (Å²) < 4.78 is 6.23. The lowest BCUT2D eigenvalue weighted by molar-refractivity contribution is 0.120. The molecule has 1 aliphatic carbocycles. The molecule has 1 fully saturated rings. The van der Waals surface area contributed by atoms with Gasteiger partial charge in [0.05, 0.1) is 6.61 Å². The van der Waals surface area contributed by atoms with E-state index in [4.69, 9.17) is 4.74 Å². The van der Waals surface area contributed by atoms with Gasteiger partial charge in [0.15, 0.2) is 0 Å². The van der Waals surface area contributed by atoms with E-state index in [0.717, 1.165) is 18.1 Å². The van der Waals surface area contributed by atoms with Gasteiger partial charge in [0.1, 0.15) is 5.75 Å². The van der Waals surface area contributed by atoms with Crippen molar-refractivity contribution in [1.29, 1.82) is 0 Å². The highest BCUT2D eigenvalue weighted by molar-refractivity contribution is 7.80. The van der Waals surface area contributed by atoms with Crippen LogP contribution in [0.5, 0.6) is 5.75 Å². The monoisotopic (exact) mass is 278 g/mol. The fraction of sp³-hybridized carbons (Fsp3) is 0.647. The molecule has 0 saturated heterocycles. The third kappa shape index (κ3) is 3.28. The van der Waals surface area contributed by atoms with Crippen molar-refractivity contribution in [3.63, 3.8) is 0 Å². The summed E-state index contributed by atoms with van der Waals surface area (Å²) in [6.07, 6.45) is 6.56. The first-order valence-corrected chi connectivity index (χ1v) is 8.02. The lowest BCUT2D eigenvalue weighted by Crippen LogP contribution is -2.33. The summed E-state index contributed by atoms with van der Waals surface area (Å²) in [5.41, 5.74) is 4.13. The van der Waals surface area contributed by atoms with E-state index in [0.29, 0.717) is 5.41 Å². The molecule has 1 nitrogen and oxygen atoms in total. The second kappa shape index (κ2) is 6.21. The Morgan fingerprint density at radius 1 is 1.05 bits per heavy atom. The summed E-state index contributed by atoms with van der Waals surface area (Å²) in [6, 6.07) is 4.33. The molecule has 0 amide bonds. The third-order valence-corrected chi connectivity index (χ3v) is 5.32. The Hall–Kier alpha value is -0.630. The molecule has 19 heavy (non-hydrogen) atoms. The maximum atomic E-state index is 6.23. The highest BCUT2D eigenvalue weighted by Crippen LogP contribution is 2.38. The molecule has 106 valence electrons. The average Bonchev–Trinajstić information content (AvgIpc) is 2.44. The molecule has 1 aromatic carbocycles. The first-order valence-electron chi connectivity index (χ1n) is 7.38. The van der Waals surface area contributed by atoms with Crippen molar-refractivity contribution in [2.75, 3.05) is 12.4 Å². The van der Waals surface area contributed by atoms with E-state index in [-0.39, 0.29) is 0 Å². The van der Waals surface area contributed by atoms with Crippen LogP contribution in [-0.4, -0.2) is 12.4 Å². The van der Waals surface area contributed by atoms with E-state index in [1.54, 1.807) is 0 Å². The molecule has 1 aromatic rings. The molecule has 0 radical (unpaired) electrons. The molecular formula is C17H26OS. The van der Waals surface area contributed by atoms with Crippen molar-refractivity contribution in [3.05, 3.63) is 28.8 Å². The fourth-order valence-electron chi connectivity index (χ4n) is 3.02. The average molecular weight is 278 g/mol. The SMILES string of the molecule is Cc1ccc(C)c(OCC2(CS)CCCCC2)c1C. The van der Waals surface area contributed by atoms with E-state index < -0.39 is 0 Å². The van der Waals surface area contributed by atoms with Crippen LogP contribution in [0.2, 0.25) is 0 Å². The van der Waals surface area contributed by atoms with Gasteiger partial charge < -0.3 is 4.74 Å². The van der Waals surface area contributed by atoms with Crippen molar-refractivity contribution in [2.24, 2.45) is 5.41 Å². The summed E-state index contributed by atoms with van der Waals surface area (Å²) in [5, 5.41) is 0. The Balaban J connectivity index is 2.11. The molecule has 0 aliphatic heterocycles. The normalized spacial score (nSPS) is 18.3. The molecular weight excluding hydrogens is 252 g/mol. The van der Waals surface area contributed by atoms with Gasteiger partial charge in [-0.05, 0) is 56.1 Å². The smallest absolute Gasteiger partial charge is 0.125 e. The van der Waals surface area contributed by atoms with Crippen LogP contribution in [-0.2, 0) is 0 Å². The van der Waals surface area contributed by atoms with Gasteiger partial charge in [0.2, 0.25) is 0 Å². The Morgan fingerprint density at radius 3 is 2.32 bits per heavy atom. The van der Waals surface area contributed by atoms with Crippen molar-refractivity contribution in [3.8, 4) is 5.75 Å². The number of aryl methyl sites for hydroxylation is 2. The lowest BCUT2D eigenvalue weighted by atomic mass is 9.76. The van der Waals surface area contributed by atoms with Crippen LogP contribution in [0.25, 0.3) is 0 Å². The quantitative estimate of drug-likeness (QED) is 0.773. The lowest BCUT2D eigenvalue weighted by Gasteiger charge is -2.36. The topological polar surface area (TPSA) is 9.23 Å². The number of hydrogen-bond acceptors (Lipinski definition) is 2. The molecule has 0 atom stereocenters. The van der Waals surface area contributed by atoms with Gasteiger partial charge >= 0.3 is 0 Å². The van der Waals surface area contributed by atoms with Crippen LogP contribution < -0.4 is 4.74 Å². The van der Waals surface area contributed by atoms with Crippen LogP contribution in [0, 0.1) is 26.2 Å². The van der Waals surface area contributed by atoms with Crippen LogP contribution in [0.3, 0.4) is 0 Å². The standard InChI is InChI=1S/C17H26OS/c1-13-7-8-14(2)16(15(13)3)18-11-17(12-19)9-5-4-6-10-17/h7-8,19H,4-6,9-12H2,1-3H3. The van der Waals surface area contributed by atoms with Gasteiger partial charge in [-0.1, -0.05) is 31.4 Å².